The zero-order valence-corrected chi connectivity index (χ0v) is 10.2. The lowest BCUT2D eigenvalue weighted by atomic mass is 10.3. The van der Waals surface area contributed by atoms with E-state index in [4.69, 9.17) is 14.9 Å². The van der Waals surface area contributed by atoms with Gasteiger partial charge in [0.05, 0.1) is 13.0 Å². The molecule has 0 spiro atoms. The molecule has 0 bridgehead atoms. The maximum absolute atomic E-state index is 10.7. The summed E-state index contributed by atoms with van der Waals surface area (Å²) in [6.45, 7) is 3.20. The van der Waals surface area contributed by atoms with Crippen LogP contribution in [-0.2, 0) is 14.3 Å². The van der Waals surface area contributed by atoms with Crippen molar-refractivity contribution < 1.29 is 24.5 Å². The molecular weight excluding hydrogens is 232 g/mol. The van der Waals surface area contributed by atoms with E-state index in [1.54, 1.807) is 0 Å². The molecule has 0 amide bonds. The summed E-state index contributed by atoms with van der Waals surface area (Å²) in [6.07, 6.45) is 1.70. The Hall–Kier alpha value is -0.750. The number of carboxylic acids is 2. The van der Waals surface area contributed by atoms with Crippen LogP contribution in [-0.4, -0.2) is 46.4 Å². The molecule has 1 atom stereocenters. The second kappa shape index (κ2) is 9.47. The molecule has 0 radical (unpaired) electrons. The number of unbranched alkanes of at least 4 members (excludes halogenated alkanes) is 1. The molecule has 5 nitrogen and oxygen atoms in total. The molecule has 0 saturated heterocycles. The van der Waals surface area contributed by atoms with Gasteiger partial charge in [-0.3, -0.25) is 9.59 Å². The second-order valence-corrected chi connectivity index (χ2v) is 4.57. The third kappa shape index (κ3) is 8.55. The summed E-state index contributed by atoms with van der Waals surface area (Å²) >= 11 is 1.11. The van der Waals surface area contributed by atoms with E-state index in [1.807, 2.05) is 0 Å². The van der Waals surface area contributed by atoms with Crippen LogP contribution in [0.15, 0.2) is 0 Å². The lowest BCUT2D eigenvalue weighted by Gasteiger charge is -2.09. The van der Waals surface area contributed by atoms with Crippen LogP contribution in [0.1, 0.15) is 26.2 Å². The van der Waals surface area contributed by atoms with Gasteiger partial charge >= 0.3 is 11.9 Å². The molecule has 0 saturated carbocycles. The first-order valence-electron chi connectivity index (χ1n) is 5.21. The van der Waals surface area contributed by atoms with E-state index >= 15 is 0 Å². The standard InChI is InChI=1S/C10H18O5S/c1-2-3-4-15-5-6-16-8(10(13)14)7-9(11)12/h8H,2-7H2,1H3,(H,11,12)(H,13,14)/t8-/m0/s1. The van der Waals surface area contributed by atoms with E-state index in [1.165, 1.54) is 0 Å². The van der Waals surface area contributed by atoms with Gasteiger partial charge in [-0.25, -0.2) is 0 Å². The smallest absolute Gasteiger partial charge is 0.317 e. The van der Waals surface area contributed by atoms with Gasteiger partial charge < -0.3 is 14.9 Å². The van der Waals surface area contributed by atoms with Crippen molar-refractivity contribution in [1.82, 2.24) is 0 Å². The zero-order valence-electron chi connectivity index (χ0n) is 9.35. The fourth-order valence-electron chi connectivity index (χ4n) is 0.974. The zero-order chi connectivity index (χ0) is 12.4. The van der Waals surface area contributed by atoms with Crippen molar-refractivity contribution >= 4 is 23.7 Å². The van der Waals surface area contributed by atoms with Gasteiger partial charge in [-0.2, -0.15) is 0 Å². The molecule has 0 aromatic heterocycles. The molecule has 0 aromatic rings. The van der Waals surface area contributed by atoms with Crippen LogP contribution in [0.25, 0.3) is 0 Å². The van der Waals surface area contributed by atoms with Crippen molar-refractivity contribution in [3.05, 3.63) is 0 Å². The van der Waals surface area contributed by atoms with Crippen LogP contribution in [0.4, 0.5) is 0 Å². The van der Waals surface area contributed by atoms with Crippen LogP contribution < -0.4 is 0 Å². The Kier molecular flexibility index (Phi) is 9.03. The Labute approximate surface area is 99.2 Å². The predicted molar refractivity (Wildman–Crippen MR) is 61.9 cm³/mol. The van der Waals surface area contributed by atoms with Crippen molar-refractivity contribution in [2.24, 2.45) is 0 Å². The van der Waals surface area contributed by atoms with Crippen molar-refractivity contribution in [1.29, 1.82) is 0 Å². The van der Waals surface area contributed by atoms with Gasteiger partial charge in [-0.15, -0.1) is 11.8 Å². The first-order chi connectivity index (χ1) is 7.57. The number of carbonyl (C=O) groups is 2. The molecule has 0 aromatic carbocycles. The molecule has 0 heterocycles. The Bertz CT molecular complexity index is 219. The highest BCUT2D eigenvalue weighted by atomic mass is 32.2. The van der Waals surface area contributed by atoms with Crippen molar-refractivity contribution in [2.75, 3.05) is 19.0 Å². The number of hydrogen-bond donors (Lipinski definition) is 2. The highest BCUT2D eigenvalue weighted by Gasteiger charge is 2.20. The molecule has 0 unspecified atom stereocenters. The third-order valence-electron chi connectivity index (χ3n) is 1.82. The first kappa shape index (κ1) is 15.2. The molecule has 94 valence electrons. The van der Waals surface area contributed by atoms with Gasteiger partial charge in [0.1, 0.15) is 5.25 Å². The van der Waals surface area contributed by atoms with Crippen molar-refractivity contribution in [3.63, 3.8) is 0 Å². The number of ether oxygens (including phenoxy) is 1. The molecule has 16 heavy (non-hydrogen) atoms. The fourth-order valence-corrected chi connectivity index (χ4v) is 1.88. The number of hydrogen-bond acceptors (Lipinski definition) is 4. The van der Waals surface area contributed by atoms with Crippen LogP contribution in [0.3, 0.4) is 0 Å². The number of thioether (sulfide) groups is 1. The Morgan fingerprint density at radius 1 is 1.31 bits per heavy atom. The Morgan fingerprint density at radius 2 is 2.00 bits per heavy atom. The summed E-state index contributed by atoms with van der Waals surface area (Å²) in [4.78, 5) is 21.1. The minimum Gasteiger partial charge on any atom is -0.481 e. The normalized spacial score (nSPS) is 12.3. The quantitative estimate of drug-likeness (QED) is 0.571. The van der Waals surface area contributed by atoms with Crippen LogP contribution >= 0.6 is 11.8 Å². The molecular formula is C10H18O5S. The number of rotatable bonds is 10. The maximum atomic E-state index is 10.7. The molecule has 0 rings (SSSR count). The summed E-state index contributed by atoms with van der Waals surface area (Å²) in [5, 5.41) is 16.4. The van der Waals surface area contributed by atoms with Crippen LogP contribution in [0.5, 0.6) is 0 Å². The van der Waals surface area contributed by atoms with Gasteiger partial charge in [0.15, 0.2) is 0 Å². The lowest BCUT2D eigenvalue weighted by Crippen LogP contribution is -2.21. The van der Waals surface area contributed by atoms with E-state index < -0.39 is 17.2 Å². The lowest BCUT2D eigenvalue weighted by molar-refractivity contribution is -0.142. The summed E-state index contributed by atoms with van der Waals surface area (Å²) in [6, 6.07) is 0. The predicted octanol–water partition coefficient (Wildman–Crippen LogP) is 1.46. The number of carboxylic acid groups (broad SMARTS) is 2. The minimum atomic E-state index is -1.09. The fraction of sp³-hybridized carbons (Fsp3) is 0.800. The second-order valence-electron chi connectivity index (χ2n) is 3.26. The van der Waals surface area contributed by atoms with Gasteiger partial charge in [0, 0.05) is 12.4 Å². The maximum Gasteiger partial charge on any atom is 0.317 e. The monoisotopic (exact) mass is 250 g/mol. The van der Waals surface area contributed by atoms with E-state index in [2.05, 4.69) is 6.92 Å². The Balaban J connectivity index is 3.60. The molecule has 0 aliphatic heterocycles. The van der Waals surface area contributed by atoms with Crippen LogP contribution in [0.2, 0.25) is 0 Å². The number of aliphatic carboxylic acids is 2. The van der Waals surface area contributed by atoms with E-state index in [0.29, 0.717) is 19.0 Å². The van der Waals surface area contributed by atoms with Gasteiger partial charge in [-0.05, 0) is 6.42 Å². The van der Waals surface area contributed by atoms with Crippen LogP contribution in [0, 0.1) is 0 Å². The topological polar surface area (TPSA) is 83.8 Å². The summed E-state index contributed by atoms with van der Waals surface area (Å²) < 4.78 is 5.25. The van der Waals surface area contributed by atoms with E-state index in [-0.39, 0.29) is 6.42 Å². The van der Waals surface area contributed by atoms with Gasteiger partial charge in [-0.1, -0.05) is 13.3 Å². The van der Waals surface area contributed by atoms with E-state index in [0.717, 1.165) is 24.6 Å². The molecule has 0 aliphatic rings. The highest BCUT2D eigenvalue weighted by molar-refractivity contribution is 8.00. The first-order valence-corrected chi connectivity index (χ1v) is 6.26. The summed E-state index contributed by atoms with van der Waals surface area (Å²) in [5.41, 5.74) is 0. The average Bonchev–Trinajstić information content (AvgIpc) is 2.20. The van der Waals surface area contributed by atoms with Crippen molar-refractivity contribution in [3.8, 4) is 0 Å². The summed E-state index contributed by atoms with van der Waals surface area (Å²) in [5.74, 6) is -1.67. The van der Waals surface area contributed by atoms with Gasteiger partial charge in [0.25, 0.3) is 0 Å². The molecule has 0 aliphatic carbocycles. The minimum absolute atomic E-state index is 0.352. The molecule has 6 heteroatoms. The largest absolute Gasteiger partial charge is 0.481 e. The third-order valence-corrected chi connectivity index (χ3v) is 3.00. The highest BCUT2D eigenvalue weighted by Crippen LogP contribution is 2.14. The SMILES string of the molecule is CCCCOCCS[C@@H](CC(=O)O)C(=O)O. The average molecular weight is 250 g/mol. The van der Waals surface area contributed by atoms with Gasteiger partial charge in [0.2, 0.25) is 0 Å². The molecule has 0 fully saturated rings. The van der Waals surface area contributed by atoms with E-state index in [9.17, 15) is 9.59 Å². The summed E-state index contributed by atoms with van der Waals surface area (Å²) in [7, 11) is 0. The Morgan fingerprint density at radius 3 is 2.50 bits per heavy atom. The molecule has 2 N–H and O–H groups in total. The van der Waals surface area contributed by atoms with Crippen molar-refractivity contribution in [2.45, 2.75) is 31.4 Å².